The van der Waals surface area contributed by atoms with Crippen molar-refractivity contribution >= 4 is 46.0 Å². The summed E-state index contributed by atoms with van der Waals surface area (Å²) in [4.78, 5) is 44.3. The van der Waals surface area contributed by atoms with Crippen molar-refractivity contribution in [2.24, 2.45) is 0 Å². The van der Waals surface area contributed by atoms with Crippen LogP contribution in [-0.2, 0) is 4.74 Å². The maximum Gasteiger partial charge on any atom is 0.410 e. The number of halogens is 2. The van der Waals surface area contributed by atoms with Gasteiger partial charge in [0, 0.05) is 31.1 Å². The van der Waals surface area contributed by atoms with Crippen molar-refractivity contribution < 1.29 is 9.53 Å². The van der Waals surface area contributed by atoms with E-state index in [1.165, 1.54) is 10.9 Å². The number of hydrogen-bond donors (Lipinski definition) is 0. The van der Waals surface area contributed by atoms with Crippen LogP contribution in [0.15, 0.2) is 17.2 Å². The molecule has 1 atom stereocenters. The van der Waals surface area contributed by atoms with Gasteiger partial charge in [0.1, 0.15) is 28.7 Å². The normalized spacial score (nSPS) is 16.0. The molecule has 1 unspecified atom stereocenters. The largest absolute Gasteiger partial charge is 0.444 e. The summed E-state index contributed by atoms with van der Waals surface area (Å²) in [5, 5.41) is 11.1. The summed E-state index contributed by atoms with van der Waals surface area (Å²) in [6, 6.07) is 3.52. The molecule has 3 aromatic rings. The fraction of sp³-hybridized carbons (Fsp3) is 0.517. The van der Waals surface area contributed by atoms with E-state index in [4.69, 9.17) is 27.9 Å². The molecule has 4 rings (SSSR count). The minimum Gasteiger partial charge on any atom is -0.444 e. The number of anilines is 1. The van der Waals surface area contributed by atoms with Gasteiger partial charge < -0.3 is 14.5 Å². The summed E-state index contributed by atoms with van der Waals surface area (Å²) in [5.74, 6) is -0.107. The van der Waals surface area contributed by atoms with Gasteiger partial charge in [-0.05, 0) is 45.6 Å². The fourth-order valence-electron chi connectivity index (χ4n) is 5.12. The highest BCUT2D eigenvalue weighted by Crippen LogP contribution is 2.37. The van der Waals surface area contributed by atoms with Crippen molar-refractivity contribution in [3.05, 3.63) is 49.9 Å². The van der Waals surface area contributed by atoms with Gasteiger partial charge in [-0.3, -0.25) is 9.36 Å². The Hall–Kier alpha value is -3.42. The summed E-state index contributed by atoms with van der Waals surface area (Å²) in [6.07, 6.45) is 1.08. The molecule has 0 bridgehead atoms. The summed E-state index contributed by atoms with van der Waals surface area (Å²) < 4.78 is 6.99. The monoisotopic (exact) mass is 599 g/mol. The topological polar surface area (TPSA) is 117 Å². The molecule has 10 nitrogen and oxygen atoms in total. The Bertz CT molecular complexity index is 1580. The lowest BCUT2D eigenvalue weighted by Crippen LogP contribution is -2.55. The average molecular weight is 601 g/mol. The number of aromatic nitrogens is 4. The molecule has 0 aromatic carbocycles. The van der Waals surface area contributed by atoms with Crippen molar-refractivity contribution in [2.45, 2.75) is 78.9 Å². The third-order valence-corrected chi connectivity index (χ3v) is 7.59. The molecule has 4 heterocycles. The van der Waals surface area contributed by atoms with E-state index in [0.717, 1.165) is 0 Å². The number of ether oxygens (including phenoxy) is 1. The van der Waals surface area contributed by atoms with Gasteiger partial charge in [0.2, 0.25) is 0 Å². The zero-order valence-corrected chi connectivity index (χ0v) is 26.1. The second kappa shape index (κ2) is 11.5. The summed E-state index contributed by atoms with van der Waals surface area (Å²) in [6.45, 7) is 16.3. The van der Waals surface area contributed by atoms with Crippen LogP contribution in [0.3, 0.4) is 0 Å². The molecule has 218 valence electrons. The van der Waals surface area contributed by atoms with Crippen LogP contribution in [0.1, 0.15) is 84.2 Å². The molecule has 0 saturated carbocycles. The first kappa shape index (κ1) is 30.5. The van der Waals surface area contributed by atoms with Gasteiger partial charge in [-0.25, -0.2) is 19.7 Å². The van der Waals surface area contributed by atoms with E-state index in [2.05, 4.69) is 21.0 Å². The SMILES string of the molecule is CC(C)c1ncnc(C(C)C)c1-n1c(=O)c(C#N)c(N2CCN(C(=O)OC(C)(C)C)C(C)C2)c2cc(Cl)c(Cl)nc21. The van der Waals surface area contributed by atoms with Crippen LogP contribution >= 0.6 is 23.2 Å². The number of nitriles is 1. The molecule has 41 heavy (non-hydrogen) atoms. The Kier molecular flexibility index (Phi) is 8.53. The smallest absolute Gasteiger partial charge is 0.410 e. The van der Waals surface area contributed by atoms with E-state index in [1.807, 2.05) is 60.3 Å². The predicted molar refractivity (Wildman–Crippen MR) is 160 cm³/mol. The number of carbonyl (C=O) groups excluding carboxylic acids is 1. The van der Waals surface area contributed by atoms with Crippen LogP contribution in [0, 0.1) is 11.3 Å². The average Bonchev–Trinajstić information content (AvgIpc) is 2.87. The lowest BCUT2D eigenvalue weighted by atomic mass is 10.0. The first-order chi connectivity index (χ1) is 19.2. The van der Waals surface area contributed by atoms with Crippen LogP contribution in [0.4, 0.5) is 10.5 Å². The molecule has 1 amide bonds. The van der Waals surface area contributed by atoms with E-state index in [0.29, 0.717) is 47.8 Å². The highest BCUT2D eigenvalue weighted by Gasteiger charge is 2.34. The minimum absolute atomic E-state index is 0.0279. The summed E-state index contributed by atoms with van der Waals surface area (Å²) in [5.41, 5.74) is 1.19. The molecular weight excluding hydrogens is 565 g/mol. The van der Waals surface area contributed by atoms with Crippen LogP contribution in [-0.4, -0.2) is 61.8 Å². The van der Waals surface area contributed by atoms with E-state index >= 15 is 0 Å². The predicted octanol–water partition coefficient (Wildman–Crippen LogP) is 6.05. The molecular formula is C29H35Cl2N7O3. The summed E-state index contributed by atoms with van der Waals surface area (Å²) in [7, 11) is 0. The van der Waals surface area contributed by atoms with Crippen LogP contribution < -0.4 is 10.5 Å². The number of amides is 1. The third kappa shape index (κ3) is 5.84. The van der Waals surface area contributed by atoms with Crippen molar-refractivity contribution in [3.8, 4) is 11.8 Å². The van der Waals surface area contributed by atoms with Gasteiger partial charge in [-0.1, -0.05) is 50.9 Å². The Morgan fingerprint density at radius 1 is 1.10 bits per heavy atom. The van der Waals surface area contributed by atoms with E-state index < -0.39 is 17.3 Å². The zero-order chi connectivity index (χ0) is 30.4. The Balaban J connectivity index is 1.98. The van der Waals surface area contributed by atoms with Crippen LogP contribution in [0.5, 0.6) is 0 Å². The quantitative estimate of drug-likeness (QED) is 0.333. The molecule has 0 radical (unpaired) electrons. The Morgan fingerprint density at radius 2 is 1.71 bits per heavy atom. The van der Waals surface area contributed by atoms with Gasteiger partial charge in [0.15, 0.2) is 5.65 Å². The van der Waals surface area contributed by atoms with Crippen molar-refractivity contribution in [2.75, 3.05) is 24.5 Å². The van der Waals surface area contributed by atoms with E-state index in [9.17, 15) is 14.9 Å². The number of nitrogens with zero attached hydrogens (tertiary/aromatic N) is 7. The Labute approximate surface area is 249 Å². The molecule has 12 heteroatoms. The standard InChI is InChI=1S/C29H35Cl2N7O3/c1-15(2)21-24(22(16(3)4)34-14-33-21)38-26-18(11-20(30)25(31)35-26)23(19(12-32)27(38)39)36-9-10-37(17(5)13-36)28(40)41-29(6,7)8/h11,14-17H,9-10,13H2,1-8H3. The summed E-state index contributed by atoms with van der Waals surface area (Å²) >= 11 is 12.9. The molecule has 3 aromatic heterocycles. The van der Waals surface area contributed by atoms with Crippen molar-refractivity contribution in [1.82, 2.24) is 24.4 Å². The van der Waals surface area contributed by atoms with Crippen molar-refractivity contribution in [3.63, 3.8) is 0 Å². The van der Waals surface area contributed by atoms with Gasteiger partial charge >= 0.3 is 6.09 Å². The molecule has 0 aliphatic carbocycles. The first-order valence-electron chi connectivity index (χ1n) is 13.6. The third-order valence-electron chi connectivity index (χ3n) is 6.91. The molecule has 1 aliphatic rings. The number of fused-ring (bicyclic) bond motifs is 1. The number of hydrogen-bond acceptors (Lipinski definition) is 8. The number of pyridine rings is 2. The van der Waals surface area contributed by atoms with E-state index in [1.54, 1.807) is 11.0 Å². The van der Waals surface area contributed by atoms with Gasteiger partial charge in [0.25, 0.3) is 5.56 Å². The lowest BCUT2D eigenvalue weighted by molar-refractivity contribution is 0.0159. The lowest BCUT2D eigenvalue weighted by Gasteiger charge is -2.41. The molecule has 1 fully saturated rings. The van der Waals surface area contributed by atoms with Crippen LogP contribution in [0.2, 0.25) is 10.2 Å². The van der Waals surface area contributed by atoms with Gasteiger partial charge in [0.05, 0.1) is 27.8 Å². The number of carbonyl (C=O) groups is 1. The molecule has 1 saturated heterocycles. The first-order valence-corrected chi connectivity index (χ1v) is 14.4. The van der Waals surface area contributed by atoms with Gasteiger partial charge in [-0.15, -0.1) is 0 Å². The minimum atomic E-state index is -0.630. The maximum atomic E-state index is 14.3. The second-order valence-corrected chi connectivity index (χ2v) is 12.6. The highest BCUT2D eigenvalue weighted by molar-refractivity contribution is 6.41. The zero-order valence-electron chi connectivity index (χ0n) is 24.6. The maximum absolute atomic E-state index is 14.3. The molecule has 0 spiro atoms. The van der Waals surface area contributed by atoms with E-state index in [-0.39, 0.29) is 39.3 Å². The Morgan fingerprint density at radius 3 is 2.22 bits per heavy atom. The highest BCUT2D eigenvalue weighted by atomic mass is 35.5. The van der Waals surface area contributed by atoms with Gasteiger partial charge in [-0.2, -0.15) is 5.26 Å². The number of rotatable bonds is 4. The number of piperazine rings is 1. The fourth-order valence-corrected chi connectivity index (χ4v) is 5.40. The molecule has 0 N–H and O–H groups in total. The van der Waals surface area contributed by atoms with Crippen LogP contribution in [0.25, 0.3) is 16.7 Å². The second-order valence-electron chi connectivity index (χ2n) is 11.9. The van der Waals surface area contributed by atoms with Crippen molar-refractivity contribution in [1.29, 1.82) is 5.26 Å². The molecule has 1 aliphatic heterocycles.